The van der Waals surface area contributed by atoms with Crippen LogP contribution in [0.25, 0.3) is 0 Å². The van der Waals surface area contributed by atoms with Gasteiger partial charge in [0.15, 0.2) is 17.3 Å². The molecule has 1 heterocycles. The number of carbonyl (C=O) groups is 1. The van der Waals surface area contributed by atoms with Crippen LogP contribution in [-0.2, 0) is 6.42 Å². The van der Waals surface area contributed by atoms with E-state index >= 15 is 0 Å². The van der Waals surface area contributed by atoms with Crippen LogP contribution in [0, 0.1) is 0 Å². The minimum atomic E-state index is -0.0872. The highest BCUT2D eigenvalue weighted by molar-refractivity contribution is 9.10. The molecule has 0 radical (unpaired) electrons. The molecule has 0 aromatic heterocycles. The van der Waals surface area contributed by atoms with Crippen molar-refractivity contribution < 1.29 is 14.3 Å². The molecule has 86 valence electrons. The van der Waals surface area contributed by atoms with Gasteiger partial charge in [-0.05, 0) is 28.4 Å². The topological polar surface area (TPSA) is 61.6 Å². The number of nitrogens with two attached hydrogens (primary N) is 1. The molecule has 4 nitrogen and oxygen atoms in total. The van der Waals surface area contributed by atoms with Crippen LogP contribution in [0.1, 0.15) is 22.8 Å². The maximum atomic E-state index is 11.7. The Morgan fingerprint density at radius 2 is 2.19 bits per heavy atom. The number of hydrogen-bond acceptors (Lipinski definition) is 4. The maximum absolute atomic E-state index is 11.7. The summed E-state index contributed by atoms with van der Waals surface area (Å²) in [5.74, 6) is 1.25. The summed E-state index contributed by atoms with van der Waals surface area (Å²) in [6, 6.07) is 1.75. The van der Waals surface area contributed by atoms with Crippen molar-refractivity contribution in [2.45, 2.75) is 13.3 Å². The van der Waals surface area contributed by atoms with Crippen LogP contribution in [0.3, 0.4) is 0 Å². The highest BCUT2D eigenvalue weighted by Crippen LogP contribution is 2.43. The lowest BCUT2D eigenvalue weighted by Crippen LogP contribution is -2.15. The number of halogens is 1. The zero-order valence-corrected chi connectivity index (χ0v) is 10.5. The zero-order valence-electron chi connectivity index (χ0n) is 8.88. The predicted molar refractivity (Wildman–Crippen MR) is 63.0 cm³/mol. The molecule has 16 heavy (non-hydrogen) atoms. The Morgan fingerprint density at radius 3 is 2.81 bits per heavy atom. The van der Waals surface area contributed by atoms with Gasteiger partial charge in [-0.2, -0.15) is 0 Å². The molecule has 0 spiro atoms. The van der Waals surface area contributed by atoms with Crippen molar-refractivity contribution in [2.75, 3.05) is 13.3 Å². The Labute approximate surface area is 102 Å². The van der Waals surface area contributed by atoms with Gasteiger partial charge in [-0.3, -0.25) is 4.79 Å². The molecule has 1 aliphatic heterocycles. The van der Waals surface area contributed by atoms with Crippen LogP contribution in [0.2, 0.25) is 0 Å². The molecule has 1 aromatic carbocycles. The molecule has 0 bridgehead atoms. The van der Waals surface area contributed by atoms with Crippen molar-refractivity contribution in [1.82, 2.24) is 0 Å². The minimum Gasteiger partial charge on any atom is -0.453 e. The first kappa shape index (κ1) is 11.4. The first-order valence-electron chi connectivity index (χ1n) is 5.03. The van der Waals surface area contributed by atoms with E-state index in [-0.39, 0.29) is 19.1 Å². The zero-order chi connectivity index (χ0) is 11.7. The first-order chi connectivity index (χ1) is 7.69. The summed E-state index contributed by atoms with van der Waals surface area (Å²) in [5, 5.41) is 0. The number of ketones is 1. The Kier molecular flexibility index (Phi) is 3.16. The van der Waals surface area contributed by atoms with Gasteiger partial charge in [0.2, 0.25) is 6.79 Å². The molecule has 2 rings (SSSR count). The van der Waals surface area contributed by atoms with Crippen LogP contribution >= 0.6 is 15.9 Å². The Bertz CT molecular complexity index is 445. The fraction of sp³-hybridized carbons (Fsp3) is 0.364. The highest BCUT2D eigenvalue weighted by atomic mass is 79.9. The van der Waals surface area contributed by atoms with Crippen LogP contribution < -0.4 is 15.2 Å². The van der Waals surface area contributed by atoms with Crippen molar-refractivity contribution in [1.29, 1.82) is 0 Å². The second-order valence-electron chi connectivity index (χ2n) is 3.43. The predicted octanol–water partition coefficient (Wildman–Crippen LogP) is 1.88. The molecule has 0 fully saturated rings. The average molecular weight is 286 g/mol. The third-order valence-electron chi connectivity index (χ3n) is 2.54. The largest absolute Gasteiger partial charge is 0.453 e. The molecule has 5 heteroatoms. The summed E-state index contributed by atoms with van der Waals surface area (Å²) < 4.78 is 11.5. The number of carbonyl (C=O) groups excluding carboxylic acids is 1. The fourth-order valence-corrected chi connectivity index (χ4v) is 2.31. The fourth-order valence-electron chi connectivity index (χ4n) is 1.79. The van der Waals surface area contributed by atoms with Crippen molar-refractivity contribution >= 4 is 21.7 Å². The summed E-state index contributed by atoms with van der Waals surface area (Å²) in [7, 11) is 0. The lowest BCUT2D eigenvalue weighted by molar-refractivity contribution is 0.1000. The van der Waals surface area contributed by atoms with Crippen LogP contribution in [0.4, 0.5) is 0 Å². The van der Waals surface area contributed by atoms with Gasteiger partial charge >= 0.3 is 0 Å². The van der Waals surface area contributed by atoms with Gasteiger partial charge in [-0.25, -0.2) is 0 Å². The van der Waals surface area contributed by atoms with E-state index in [1.807, 2.05) is 6.92 Å². The van der Waals surface area contributed by atoms with E-state index in [2.05, 4.69) is 15.9 Å². The standard InChI is InChI=1S/C11H12BrNO3/c1-2-6-7(9(14)4-13)3-8(12)11-10(6)15-5-16-11/h3H,2,4-5,13H2,1H3. The second kappa shape index (κ2) is 4.43. The van der Waals surface area contributed by atoms with Gasteiger partial charge in [0, 0.05) is 11.1 Å². The highest BCUT2D eigenvalue weighted by Gasteiger charge is 2.25. The molecule has 2 N–H and O–H groups in total. The summed E-state index contributed by atoms with van der Waals surface area (Å²) in [6.45, 7) is 2.17. The van der Waals surface area contributed by atoms with Crippen molar-refractivity contribution in [3.63, 3.8) is 0 Å². The first-order valence-corrected chi connectivity index (χ1v) is 5.82. The van der Waals surface area contributed by atoms with Crippen LogP contribution in [-0.4, -0.2) is 19.1 Å². The Morgan fingerprint density at radius 1 is 1.50 bits per heavy atom. The van der Waals surface area contributed by atoms with Gasteiger partial charge in [0.25, 0.3) is 0 Å². The number of hydrogen-bond donors (Lipinski definition) is 1. The van der Waals surface area contributed by atoms with Crippen molar-refractivity contribution in [2.24, 2.45) is 5.73 Å². The van der Waals surface area contributed by atoms with Crippen molar-refractivity contribution in [3.8, 4) is 11.5 Å². The molecule has 0 unspecified atom stereocenters. The Balaban J connectivity index is 2.62. The van der Waals surface area contributed by atoms with Gasteiger partial charge in [0.05, 0.1) is 11.0 Å². The smallest absolute Gasteiger partial charge is 0.231 e. The number of ether oxygens (including phenoxy) is 2. The lowest BCUT2D eigenvalue weighted by Gasteiger charge is -2.10. The van der Waals surface area contributed by atoms with E-state index in [4.69, 9.17) is 15.2 Å². The third-order valence-corrected chi connectivity index (χ3v) is 3.13. The van der Waals surface area contributed by atoms with E-state index in [0.717, 1.165) is 10.0 Å². The van der Waals surface area contributed by atoms with E-state index < -0.39 is 0 Å². The number of fused-ring (bicyclic) bond motifs is 1. The molecule has 0 saturated heterocycles. The molecular weight excluding hydrogens is 274 g/mol. The van der Waals surface area contributed by atoms with Crippen LogP contribution in [0.15, 0.2) is 10.5 Å². The summed E-state index contributed by atoms with van der Waals surface area (Å²) in [6.07, 6.45) is 0.708. The number of Topliss-reactive ketones (excluding diaryl/α,β-unsaturated/α-hetero) is 1. The summed E-state index contributed by atoms with van der Waals surface area (Å²) in [4.78, 5) is 11.7. The molecule has 0 aliphatic carbocycles. The van der Waals surface area contributed by atoms with E-state index in [1.165, 1.54) is 0 Å². The molecule has 0 saturated carbocycles. The Hall–Kier alpha value is -1.07. The minimum absolute atomic E-state index is 0.000909. The van der Waals surface area contributed by atoms with Crippen LogP contribution in [0.5, 0.6) is 11.5 Å². The SMILES string of the molecule is CCc1c(C(=O)CN)cc(Br)c2c1OCO2. The third kappa shape index (κ3) is 1.70. The van der Waals surface area contributed by atoms with E-state index in [1.54, 1.807) is 6.07 Å². The molecule has 1 aliphatic rings. The molecule has 1 aromatic rings. The van der Waals surface area contributed by atoms with Gasteiger partial charge in [-0.1, -0.05) is 6.92 Å². The number of rotatable bonds is 3. The summed E-state index contributed by atoms with van der Waals surface area (Å²) >= 11 is 3.36. The maximum Gasteiger partial charge on any atom is 0.231 e. The monoisotopic (exact) mass is 285 g/mol. The normalized spacial score (nSPS) is 12.9. The van der Waals surface area contributed by atoms with Crippen molar-refractivity contribution in [3.05, 3.63) is 21.7 Å². The quantitative estimate of drug-likeness (QED) is 0.862. The summed E-state index contributed by atoms with van der Waals surface area (Å²) in [5.41, 5.74) is 6.86. The molecule has 0 atom stereocenters. The molecular formula is C11H12BrNO3. The lowest BCUT2D eigenvalue weighted by atomic mass is 10.00. The van der Waals surface area contributed by atoms with Gasteiger partial charge < -0.3 is 15.2 Å². The molecule has 0 amide bonds. The van der Waals surface area contributed by atoms with Gasteiger partial charge in [0.1, 0.15) is 0 Å². The number of benzene rings is 1. The van der Waals surface area contributed by atoms with E-state index in [0.29, 0.717) is 23.5 Å². The van der Waals surface area contributed by atoms with E-state index in [9.17, 15) is 4.79 Å². The average Bonchev–Trinajstić information content (AvgIpc) is 2.77. The second-order valence-corrected chi connectivity index (χ2v) is 4.28. The van der Waals surface area contributed by atoms with Gasteiger partial charge in [-0.15, -0.1) is 0 Å².